The fourth-order valence-electron chi connectivity index (χ4n) is 3.08. The third-order valence-corrected chi connectivity index (χ3v) is 4.21. The van der Waals surface area contributed by atoms with E-state index in [1.807, 2.05) is 29.2 Å². The maximum Gasteiger partial charge on any atom is 0.227 e. The first kappa shape index (κ1) is 15.2. The lowest BCUT2D eigenvalue weighted by atomic mass is 10.1. The van der Waals surface area contributed by atoms with E-state index in [-0.39, 0.29) is 17.9 Å². The highest BCUT2D eigenvalue weighted by molar-refractivity contribution is 5.79. The number of carbonyl (C=O) groups is 1. The minimum atomic E-state index is -0.0974. The van der Waals surface area contributed by atoms with Crippen molar-refractivity contribution >= 4 is 5.91 Å². The minimum Gasteiger partial charge on any atom is -0.486 e. The van der Waals surface area contributed by atoms with Crippen molar-refractivity contribution < 1.29 is 14.3 Å². The van der Waals surface area contributed by atoms with E-state index in [1.54, 1.807) is 0 Å². The monoisotopic (exact) mass is 304 g/mol. The molecule has 120 valence electrons. The van der Waals surface area contributed by atoms with E-state index in [0.29, 0.717) is 13.2 Å². The van der Waals surface area contributed by atoms with Crippen molar-refractivity contribution in [2.75, 3.05) is 32.8 Å². The summed E-state index contributed by atoms with van der Waals surface area (Å²) < 4.78 is 11.7. The van der Waals surface area contributed by atoms with Crippen LogP contribution in [0.25, 0.3) is 0 Å². The van der Waals surface area contributed by atoms with Crippen LogP contribution in [-0.4, -0.2) is 49.7 Å². The van der Waals surface area contributed by atoms with Crippen LogP contribution in [0.15, 0.2) is 24.3 Å². The van der Waals surface area contributed by atoms with Gasteiger partial charge in [-0.2, -0.15) is 0 Å². The van der Waals surface area contributed by atoms with Crippen molar-refractivity contribution in [3.05, 3.63) is 24.3 Å². The molecule has 2 aliphatic rings. The molecular weight excluding hydrogens is 280 g/mol. The summed E-state index contributed by atoms with van der Waals surface area (Å²) >= 11 is 0. The van der Waals surface area contributed by atoms with Crippen LogP contribution in [0.5, 0.6) is 11.5 Å². The van der Waals surface area contributed by atoms with Gasteiger partial charge in [-0.1, -0.05) is 19.1 Å². The van der Waals surface area contributed by atoms with E-state index in [0.717, 1.165) is 44.0 Å². The number of carbonyl (C=O) groups excluding carboxylic acids is 1. The van der Waals surface area contributed by atoms with Gasteiger partial charge in [0.05, 0.1) is 12.5 Å². The highest BCUT2D eigenvalue weighted by Gasteiger charge is 2.30. The SMILES string of the molecule is CCCN(CC1COc2ccccc2O1)C(=O)C1CCNC1. The number of hydrogen-bond donors (Lipinski definition) is 1. The lowest BCUT2D eigenvalue weighted by Crippen LogP contribution is -2.46. The van der Waals surface area contributed by atoms with Crippen molar-refractivity contribution in [3.63, 3.8) is 0 Å². The fourth-order valence-corrected chi connectivity index (χ4v) is 3.08. The summed E-state index contributed by atoms with van der Waals surface area (Å²) in [4.78, 5) is 14.6. The summed E-state index contributed by atoms with van der Waals surface area (Å²) in [6.07, 6.45) is 1.79. The molecule has 22 heavy (non-hydrogen) atoms. The summed E-state index contributed by atoms with van der Waals surface area (Å²) in [6, 6.07) is 7.69. The van der Waals surface area contributed by atoms with Gasteiger partial charge in [-0.3, -0.25) is 4.79 Å². The van der Waals surface area contributed by atoms with Crippen molar-refractivity contribution in [2.24, 2.45) is 5.92 Å². The quantitative estimate of drug-likeness (QED) is 0.899. The molecule has 2 aliphatic heterocycles. The molecule has 0 radical (unpaired) electrons. The number of para-hydroxylation sites is 2. The second-order valence-electron chi connectivity index (χ2n) is 5.97. The number of amides is 1. The maximum absolute atomic E-state index is 12.6. The van der Waals surface area contributed by atoms with E-state index in [9.17, 15) is 4.79 Å². The number of fused-ring (bicyclic) bond motifs is 1. The average Bonchev–Trinajstić information content (AvgIpc) is 3.08. The van der Waals surface area contributed by atoms with Crippen molar-refractivity contribution in [1.82, 2.24) is 10.2 Å². The van der Waals surface area contributed by atoms with E-state index in [2.05, 4.69) is 12.2 Å². The highest BCUT2D eigenvalue weighted by atomic mass is 16.6. The number of nitrogens with zero attached hydrogens (tertiary/aromatic N) is 1. The summed E-state index contributed by atoms with van der Waals surface area (Å²) in [5.41, 5.74) is 0. The Morgan fingerprint density at radius 1 is 1.36 bits per heavy atom. The molecule has 1 saturated heterocycles. The van der Waals surface area contributed by atoms with Crippen molar-refractivity contribution in [2.45, 2.75) is 25.9 Å². The molecule has 2 heterocycles. The number of benzene rings is 1. The van der Waals surface area contributed by atoms with Gasteiger partial charge in [0.1, 0.15) is 6.61 Å². The maximum atomic E-state index is 12.6. The molecule has 1 aromatic carbocycles. The molecule has 0 aliphatic carbocycles. The molecule has 5 heteroatoms. The molecule has 1 amide bonds. The van der Waals surface area contributed by atoms with Gasteiger partial charge in [0, 0.05) is 13.1 Å². The van der Waals surface area contributed by atoms with Gasteiger partial charge in [0.25, 0.3) is 0 Å². The predicted molar refractivity (Wildman–Crippen MR) is 84.2 cm³/mol. The van der Waals surface area contributed by atoms with Crippen LogP contribution in [0, 0.1) is 5.92 Å². The molecule has 0 bridgehead atoms. The lowest BCUT2D eigenvalue weighted by molar-refractivity contribution is -0.136. The molecule has 1 fully saturated rings. The summed E-state index contributed by atoms with van der Waals surface area (Å²) in [5.74, 6) is 1.91. The molecule has 3 rings (SSSR count). The molecule has 2 atom stereocenters. The summed E-state index contributed by atoms with van der Waals surface area (Å²) in [7, 11) is 0. The highest BCUT2D eigenvalue weighted by Crippen LogP contribution is 2.31. The normalized spacial score (nSPS) is 23.3. The Bertz CT molecular complexity index is 514. The minimum absolute atomic E-state index is 0.0974. The van der Waals surface area contributed by atoms with Crippen molar-refractivity contribution in [1.29, 1.82) is 0 Å². The number of nitrogens with one attached hydrogen (secondary N) is 1. The van der Waals surface area contributed by atoms with Crippen LogP contribution in [0.1, 0.15) is 19.8 Å². The number of ether oxygens (including phenoxy) is 2. The standard InChI is InChI=1S/C17H24N2O3/c1-2-9-19(17(20)13-7-8-18-10-13)11-14-12-21-15-5-3-4-6-16(15)22-14/h3-6,13-14,18H,2,7-12H2,1H3. The second-order valence-corrected chi connectivity index (χ2v) is 5.97. The Morgan fingerprint density at radius 3 is 2.91 bits per heavy atom. The van der Waals surface area contributed by atoms with E-state index < -0.39 is 0 Å². The number of hydrogen-bond acceptors (Lipinski definition) is 4. The van der Waals surface area contributed by atoms with Gasteiger partial charge in [-0.15, -0.1) is 0 Å². The Morgan fingerprint density at radius 2 is 2.18 bits per heavy atom. The van der Waals surface area contributed by atoms with Gasteiger partial charge in [-0.05, 0) is 31.5 Å². The van der Waals surface area contributed by atoms with Crippen LogP contribution >= 0.6 is 0 Å². The zero-order valence-electron chi connectivity index (χ0n) is 13.1. The molecule has 0 spiro atoms. The van der Waals surface area contributed by atoms with Gasteiger partial charge in [0.2, 0.25) is 5.91 Å². The average molecular weight is 304 g/mol. The first-order valence-electron chi connectivity index (χ1n) is 8.16. The van der Waals surface area contributed by atoms with Gasteiger partial charge in [0.15, 0.2) is 17.6 Å². The molecule has 0 saturated carbocycles. The summed E-state index contributed by atoms with van der Waals surface area (Å²) in [6.45, 7) is 5.69. The van der Waals surface area contributed by atoms with E-state index in [4.69, 9.17) is 9.47 Å². The van der Waals surface area contributed by atoms with Gasteiger partial charge < -0.3 is 19.7 Å². The third kappa shape index (κ3) is 3.35. The number of rotatable bonds is 5. The molecule has 1 aromatic rings. The van der Waals surface area contributed by atoms with E-state index in [1.165, 1.54) is 0 Å². The fraction of sp³-hybridized carbons (Fsp3) is 0.588. The first-order valence-corrected chi connectivity index (χ1v) is 8.16. The Kier molecular flexibility index (Phi) is 4.83. The molecule has 2 unspecified atom stereocenters. The van der Waals surface area contributed by atoms with Crippen LogP contribution < -0.4 is 14.8 Å². The zero-order valence-corrected chi connectivity index (χ0v) is 13.1. The molecule has 5 nitrogen and oxygen atoms in total. The molecule has 1 N–H and O–H groups in total. The Balaban J connectivity index is 1.63. The Hall–Kier alpha value is -1.75. The third-order valence-electron chi connectivity index (χ3n) is 4.21. The predicted octanol–water partition coefficient (Wildman–Crippen LogP) is 1.67. The largest absolute Gasteiger partial charge is 0.486 e. The van der Waals surface area contributed by atoms with Crippen LogP contribution in [-0.2, 0) is 4.79 Å². The van der Waals surface area contributed by atoms with Gasteiger partial charge >= 0.3 is 0 Å². The lowest BCUT2D eigenvalue weighted by Gasteiger charge is -2.32. The molecule has 0 aromatic heterocycles. The Labute approximate surface area is 131 Å². The van der Waals surface area contributed by atoms with Crippen LogP contribution in [0.2, 0.25) is 0 Å². The second kappa shape index (κ2) is 7.01. The van der Waals surface area contributed by atoms with Crippen LogP contribution in [0.3, 0.4) is 0 Å². The van der Waals surface area contributed by atoms with Gasteiger partial charge in [-0.25, -0.2) is 0 Å². The van der Waals surface area contributed by atoms with Crippen molar-refractivity contribution in [3.8, 4) is 11.5 Å². The molecular formula is C17H24N2O3. The first-order chi connectivity index (χ1) is 10.8. The van der Waals surface area contributed by atoms with E-state index >= 15 is 0 Å². The smallest absolute Gasteiger partial charge is 0.227 e. The van der Waals surface area contributed by atoms with Crippen LogP contribution in [0.4, 0.5) is 0 Å². The zero-order chi connectivity index (χ0) is 15.4. The topological polar surface area (TPSA) is 50.8 Å². The summed E-state index contributed by atoms with van der Waals surface area (Å²) in [5, 5.41) is 3.26.